The Labute approximate surface area is 133 Å². The number of carbonyl (C=O) groups excluding carboxylic acids is 1. The van der Waals surface area contributed by atoms with Gasteiger partial charge in [-0.3, -0.25) is 9.69 Å². The summed E-state index contributed by atoms with van der Waals surface area (Å²) >= 11 is 0. The zero-order chi connectivity index (χ0) is 15.6. The van der Waals surface area contributed by atoms with Crippen molar-refractivity contribution >= 4 is 5.91 Å². The standard InChI is InChI=1S/C17H27N3O2/c1-22-11-8-18-13-17(21)19-12-15-4-6-16(7-5-15)14-20-9-2-3-10-20/h4-7,18H,2-3,8-14H2,1H3,(H,19,21). The fourth-order valence-corrected chi connectivity index (χ4v) is 2.60. The largest absolute Gasteiger partial charge is 0.383 e. The predicted molar refractivity (Wildman–Crippen MR) is 87.5 cm³/mol. The maximum Gasteiger partial charge on any atom is 0.234 e. The minimum absolute atomic E-state index is 0.0113. The van der Waals surface area contributed by atoms with Gasteiger partial charge >= 0.3 is 0 Å². The van der Waals surface area contributed by atoms with Crippen LogP contribution < -0.4 is 10.6 Å². The van der Waals surface area contributed by atoms with Crippen LogP contribution in [0.25, 0.3) is 0 Å². The van der Waals surface area contributed by atoms with E-state index < -0.39 is 0 Å². The molecule has 2 N–H and O–H groups in total. The molecule has 1 aliphatic rings. The number of hydrogen-bond donors (Lipinski definition) is 2. The van der Waals surface area contributed by atoms with Crippen LogP contribution in [0.1, 0.15) is 24.0 Å². The lowest BCUT2D eigenvalue weighted by Gasteiger charge is -2.14. The third-order valence-corrected chi connectivity index (χ3v) is 3.89. The van der Waals surface area contributed by atoms with Gasteiger partial charge in [0, 0.05) is 26.7 Å². The molecule has 0 unspecified atom stereocenters. The van der Waals surface area contributed by atoms with Crippen molar-refractivity contribution in [2.75, 3.05) is 39.9 Å². The summed E-state index contributed by atoms with van der Waals surface area (Å²) in [6.07, 6.45) is 2.64. The minimum atomic E-state index is 0.0113. The highest BCUT2D eigenvalue weighted by Crippen LogP contribution is 2.13. The first-order valence-electron chi connectivity index (χ1n) is 8.04. The van der Waals surface area contributed by atoms with E-state index in [0.29, 0.717) is 26.2 Å². The van der Waals surface area contributed by atoms with Crippen LogP contribution in [0.4, 0.5) is 0 Å². The van der Waals surface area contributed by atoms with E-state index >= 15 is 0 Å². The van der Waals surface area contributed by atoms with Gasteiger partial charge in [0.05, 0.1) is 13.2 Å². The van der Waals surface area contributed by atoms with E-state index in [1.165, 1.54) is 31.5 Å². The molecular formula is C17H27N3O2. The first-order chi connectivity index (χ1) is 10.8. The Morgan fingerprint density at radius 2 is 1.86 bits per heavy atom. The summed E-state index contributed by atoms with van der Waals surface area (Å²) in [6.45, 7) is 5.68. The molecule has 0 atom stereocenters. The summed E-state index contributed by atoms with van der Waals surface area (Å²) in [7, 11) is 1.65. The van der Waals surface area contributed by atoms with Crippen LogP contribution in [0.15, 0.2) is 24.3 Å². The lowest BCUT2D eigenvalue weighted by Crippen LogP contribution is -2.34. The lowest BCUT2D eigenvalue weighted by atomic mass is 10.1. The van der Waals surface area contributed by atoms with Crippen molar-refractivity contribution in [3.8, 4) is 0 Å². The summed E-state index contributed by atoms with van der Waals surface area (Å²) in [5, 5.41) is 5.95. The van der Waals surface area contributed by atoms with Gasteiger partial charge in [-0.1, -0.05) is 24.3 Å². The maximum atomic E-state index is 11.7. The Balaban J connectivity index is 1.66. The third-order valence-electron chi connectivity index (χ3n) is 3.89. The number of benzene rings is 1. The number of hydrogen-bond acceptors (Lipinski definition) is 4. The first-order valence-corrected chi connectivity index (χ1v) is 8.04. The zero-order valence-corrected chi connectivity index (χ0v) is 13.4. The number of ether oxygens (including phenoxy) is 1. The van der Waals surface area contributed by atoms with Crippen molar-refractivity contribution in [1.82, 2.24) is 15.5 Å². The lowest BCUT2D eigenvalue weighted by molar-refractivity contribution is -0.120. The number of likely N-dealkylation sites (tertiary alicyclic amines) is 1. The Morgan fingerprint density at radius 1 is 1.18 bits per heavy atom. The van der Waals surface area contributed by atoms with Gasteiger partial charge < -0.3 is 15.4 Å². The highest BCUT2D eigenvalue weighted by atomic mass is 16.5. The van der Waals surface area contributed by atoms with Crippen molar-refractivity contribution in [1.29, 1.82) is 0 Å². The number of nitrogens with one attached hydrogen (secondary N) is 2. The van der Waals surface area contributed by atoms with Gasteiger partial charge in [-0.15, -0.1) is 0 Å². The second kappa shape index (κ2) is 9.56. The molecule has 22 heavy (non-hydrogen) atoms. The molecule has 0 saturated carbocycles. The molecule has 1 amide bonds. The van der Waals surface area contributed by atoms with Crippen molar-refractivity contribution in [2.24, 2.45) is 0 Å². The smallest absolute Gasteiger partial charge is 0.234 e. The van der Waals surface area contributed by atoms with Gasteiger partial charge in [-0.2, -0.15) is 0 Å². The number of methoxy groups -OCH3 is 1. The molecule has 0 aliphatic carbocycles. The first kappa shape index (κ1) is 16.9. The predicted octanol–water partition coefficient (Wildman–Crippen LogP) is 1.13. The molecule has 0 aromatic heterocycles. The highest BCUT2D eigenvalue weighted by molar-refractivity contribution is 5.77. The Kier molecular flexibility index (Phi) is 7.36. The molecule has 122 valence electrons. The van der Waals surface area contributed by atoms with Crippen LogP contribution in [0.2, 0.25) is 0 Å². The highest BCUT2D eigenvalue weighted by Gasteiger charge is 2.11. The van der Waals surface area contributed by atoms with Gasteiger partial charge in [-0.05, 0) is 37.1 Å². The van der Waals surface area contributed by atoms with E-state index in [-0.39, 0.29) is 5.91 Å². The summed E-state index contributed by atoms with van der Waals surface area (Å²) in [4.78, 5) is 14.1. The molecule has 1 saturated heterocycles. The Hall–Kier alpha value is -1.43. The van der Waals surface area contributed by atoms with Crippen LogP contribution in [0.3, 0.4) is 0 Å². The van der Waals surface area contributed by atoms with Crippen molar-refractivity contribution in [3.05, 3.63) is 35.4 Å². The fourth-order valence-electron chi connectivity index (χ4n) is 2.60. The molecule has 0 bridgehead atoms. The minimum Gasteiger partial charge on any atom is -0.383 e. The average Bonchev–Trinajstić information content (AvgIpc) is 3.04. The Bertz CT molecular complexity index is 442. The van der Waals surface area contributed by atoms with Gasteiger partial charge in [0.1, 0.15) is 0 Å². The van der Waals surface area contributed by atoms with Crippen molar-refractivity contribution < 1.29 is 9.53 Å². The van der Waals surface area contributed by atoms with Crippen LogP contribution in [-0.4, -0.2) is 50.7 Å². The van der Waals surface area contributed by atoms with Gasteiger partial charge in [0.15, 0.2) is 0 Å². The number of carbonyl (C=O) groups is 1. The molecule has 1 fully saturated rings. The van der Waals surface area contributed by atoms with Crippen LogP contribution in [0.5, 0.6) is 0 Å². The zero-order valence-electron chi connectivity index (χ0n) is 13.4. The second-order valence-electron chi connectivity index (χ2n) is 5.75. The number of nitrogens with zero attached hydrogens (tertiary/aromatic N) is 1. The quantitative estimate of drug-likeness (QED) is 0.672. The van der Waals surface area contributed by atoms with E-state index in [9.17, 15) is 4.79 Å². The van der Waals surface area contributed by atoms with Crippen molar-refractivity contribution in [2.45, 2.75) is 25.9 Å². The molecular weight excluding hydrogens is 278 g/mol. The van der Waals surface area contributed by atoms with Crippen LogP contribution >= 0.6 is 0 Å². The van der Waals surface area contributed by atoms with Gasteiger partial charge in [-0.25, -0.2) is 0 Å². The SMILES string of the molecule is COCCNCC(=O)NCc1ccc(CN2CCCC2)cc1. The summed E-state index contributed by atoms with van der Waals surface area (Å²) < 4.78 is 4.91. The van der Waals surface area contributed by atoms with Crippen LogP contribution in [-0.2, 0) is 22.6 Å². The summed E-state index contributed by atoms with van der Waals surface area (Å²) in [5.41, 5.74) is 2.48. The number of amides is 1. The summed E-state index contributed by atoms with van der Waals surface area (Å²) in [6, 6.07) is 8.53. The molecule has 1 aromatic carbocycles. The molecule has 5 nitrogen and oxygen atoms in total. The average molecular weight is 305 g/mol. The fraction of sp³-hybridized carbons (Fsp3) is 0.588. The molecule has 1 aliphatic heterocycles. The van der Waals surface area contributed by atoms with E-state index in [1.807, 2.05) is 0 Å². The molecule has 1 heterocycles. The Morgan fingerprint density at radius 3 is 2.55 bits per heavy atom. The van der Waals surface area contributed by atoms with E-state index in [2.05, 4.69) is 39.8 Å². The van der Waals surface area contributed by atoms with Gasteiger partial charge in [0.2, 0.25) is 5.91 Å². The van der Waals surface area contributed by atoms with Crippen LogP contribution in [0, 0.1) is 0 Å². The topological polar surface area (TPSA) is 53.6 Å². The van der Waals surface area contributed by atoms with E-state index in [0.717, 1.165) is 12.1 Å². The van der Waals surface area contributed by atoms with Gasteiger partial charge in [0.25, 0.3) is 0 Å². The van der Waals surface area contributed by atoms with Crippen molar-refractivity contribution in [3.63, 3.8) is 0 Å². The number of rotatable bonds is 9. The molecule has 1 aromatic rings. The molecule has 0 spiro atoms. The normalized spacial score (nSPS) is 15.1. The summed E-state index contributed by atoms with van der Waals surface area (Å²) in [5.74, 6) is 0.0113. The monoisotopic (exact) mass is 305 g/mol. The third kappa shape index (κ3) is 6.13. The molecule has 5 heteroatoms. The maximum absolute atomic E-state index is 11.7. The molecule has 0 radical (unpaired) electrons. The molecule has 2 rings (SSSR count). The van der Waals surface area contributed by atoms with E-state index in [4.69, 9.17) is 4.74 Å². The second-order valence-corrected chi connectivity index (χ2v) is 5.75. The van der Waals surface area contributed by atoms with E-state index in [1.54, 1.807) is 7.11 Å².